The maximum atomic E-state index is 10.00. The standard InChI is InChI=1S/C9H13N3O/c1-12(11-13)8-7-10-9-5-3-2-4-6-9/h2-6,10H,7-8H2,1H3. The molecule has 0 bridgehead atoms. The average Bonchev–Trinajstić information content (AvgIpc) is 2.19. The van der Waals surface area contributed by atoms with Crippen LogP contribution in [0, 0.1) is 4.91 Å². The lowest BCUT2D eigenvalue weighted by Crippen LogP contribution is -2.19. The Labute approximate surface area is 77.5 Å². The van der Waals surface area contributed by atoms with E-state index in [0.717, 1.165) is 5.69 Å². The third-order valence-corrected chi connectivity index (χ3v) is 1.68. The normalized spacial score (nSPS) is 9.31. The zero-order valence-corrected chi connectivity index (χ0v) is 7.60. The molecule has 0 saturated carbocycles. The van der Waals surface area contributed by atoms with Gasteiger partial charge >= 0.3 is 0 Å². The van der Waals surface area contributed by atoms with Gasteiger partial charge in [-0.15, -0.1) is 4.91 Å². The van der Waals surface area contributed by atoms with Crippen molar-refractivity contribution in [2.75, 3.05) is 25.5 Å². The highest BCUT2D eigenvalue weighted by Gasteiger charge is 1.93. The van der Waals surface area contributed by atoms with Gasteiger partial charge in [-0.25, -0.2) is 0 Å². The van der Waals surface area contributed by atoms with Crippen molar-refractivity contribution in [1.82, 2.24) is 5.01 Å². The molecule has 1 rings (SSSR count). The molecule has 0 amide bonds. The Kier molecular flexibility index (Phi) is 3.75. The van der Waals surface area contributed by atoms with E-state index >= 15 is 0 Å². The number of benzene rings is 1. The van der Waals surface area contributed by atoms with Crippen LogP contribution >= 0.6 is 0 Å². The Balaban J connectivity index is 2.24. The van der Waals surface area contributed by atoms with E-state index in [1.165, 1.54) is 5.01 Å². The first-order chi connectivity index (χ1) is 6.33. The number of hydrogen-bond acceptors (Lipinski definition) is 3. The van der Waals surface area contributed by atoms with Crippen LogP contribution < -0.4 is 5.32 Å². The summed E-state index contributed by atoms with van der Waals surface area (Å²) in [5.74, 6) is 0. The lowest BCUT2D eigenvalue weighted by atomic mass is 10.3. The van der Waals surface area contributed by atoms with Crippen LogP contribution in [-0.2, 0) is 0 Å². The lowest BCUT2D eigenvalue weighted by molar-refractivity contribution is 0.363. The summed E-state index contributed by atoms with van der Waals surface area (Å²) in [4.78, 5) is 10.00. The smallest absolute Gasteiger partial charge is 0.0562 e. The number of nitrogens with zero attached hydrogens (tertiary/aromatic N) is 2. The summed E-state index contributed by atoms with van der Waals surface area (Å²) in [5, 5.41) is 7.29. The van der Waals surface area contributed by atoms with Gasteiger partial charge in [0.2, 0.25) is 0 Å². The Bertz CT molecular complexity index is 250. The van der Waals surface area contributed by atoms with E-state index in [9.17, 15) is 4.91 Å². The van der Waals surface area contributed by atoms with Crippen LogP contribution in [0.15, 0.2) is 35.6 Å². The third-order valence-electron chi connectivity index (χ3n) is 1.68. The fourth-order valence-electron chi connectivity index (χ4n) is 0.959. The van der Waals surface area contributed by atoms with Crippen molar-refractivity contribution in [3.8, 4) is 0 Å². The summed E-state index contributed by atoms with van der Waals surface area (Å²) in [6.07, 6.45) is 0. The van der Waals surface area contributed by atoms with Gasteiger partial charge in [0.25, 0.3) is 0 Å². The van der Waals surface area contributed by atoms with Crippen LogP contribution in [0.25, 0.3) is 0 Å². The molecule has 1 N–H and O–H groups in total. The summed E-state index contributed by atoms with van der Waals surface area (Å²) in [7, 11) is 1.65. The summed E-state index contributed by atoms with van der Waals surface area (Å²) in [5.41, 5.74) is 1.06. The van der Waals surface area contributed by atoms with Crippen LogP contribution in [-0.4, -0.2) is 25.1 Å². The van der Waals surface area contributed by atoms with Crippen LogP contribution in [0.5, 0.6) is 0 Å². The van der Waals surface area contributed by atoms with E-state index in [1.807, 2.05) is 30.3 Å². The fraction of sp³-hybridized carbons (Fsp3) is 0.333. The lowest BCUT2D eigenvalue weighted by Gasteiger charge is -2.09. The molecule has 13 heavy (non-hydrogen) atoms. The zero-order valence-electron chi connectivity index (χ0n) is 7.60. The van der Waals surface area contributed by atoms with Crippen LogP contribution in [0.3, 0.4) is 0 Å². The predicted octanol–water partition coefficient (Wildman–Crippen LogP) is 1.71. The molecule has 0 spiro atoms. The van der Waals surface area contributed by atoms with E-state index in [4.69, 9.17) is 0 Å². The van der Waals surface area contributed by atoms with Gasteiger partial charge in [-0.1, -0.05) is 18.2 Å². The maximum absolute atomic E-state index is 10.00. The minimum Gasteiger partial charge on any atom is -0.383 e. The molecule has 0 aliphatic rings. The Morgan fingerprint density at radius 1 is 1.38 bits per heavy atom. The SMILES string of the molecule is CN(CCNc1ccccc1)N=O. The monoisotopic (exact) mass is 179 g/mol. The molecule has 70 valence electrons. The van der Waals surface area contributed by atoms with Crippen molar-refractivity contribution in [3.05, 3.63) is 35.2 Å². The van der Waals surface area contributed by atoms with Gasteiger partial charge in [0.15, 0.2) is 0 Å². The molecule has 0 fully saturated rings. The number of nitrogens with one attached hydrogen (secondary N) is 1. The van der Waals surface area contributed by atoms with Crippen molar-refractivity contribution in [3.63, 3.8) is 0 Å². The van der Waals surface area contributed by atoms with Gasteiger partial charge < -0.3 is 5.32 Å². The highest BCUT2D eigenvalue weighted by Crippen LogP contribution is 2.03. The topological polar surface area (TPSA) is 44.7 Å². The van der Waals surface area contributed by atoms with Crippen LogP contribution in [0.2, 0.25) is 0 Å². The Morgan fingerprint density at radius 3 is 2.69 bits per heavy atom. The molecular weight excluding hydrogens is 166 g/mol. The predicted molar refractivity (Wildman–Crippen MR) is 53.4 cm³/mol. The minimum atomic E-state index is 0.610. The first kappa shape index (κ1) is 9.51. The molecule has 0 aliphatic carbocycles. The van der Waals surface area contributed by atoms with Gasteiger partial charge in [-0.05, 0) is 12.1 Å². The molecule has 0 heterocycles. The number of hydrogen-bond donors (Lipinski definition) is 1. The first-order valence-electron chi connectivity index (χ1n) is 4.16. The van der Waals surface area contributed by atoms with Crippen molar-refractivity contribution in [2.24, 2.45) is 5.29 Å². The van der Waals surface area contributed by atoms with Crippen LogP contribution in [0.4, 0.5) is 5.69 Å². The molecule has 0 atom stereocenters. The first-order valence-corrected chi connectivity index (χ1v) is 4.16. The number of nitroso groups, excluding NO2 is 1. The summed E-state index contributed by atoms with van der Waals surface area (Å²) in [6.45, 7) is 1.32. The molecule has 0 aliphatic heterocycles. The van der Waals surface area contributed by atoms with E-state index in [2.05, 4.69) is 10.6 Å². The number of likely N-dealkylation sites (N-methyl/N-ethyl adjacent to an activating group) is 1. The summed E-state index contributed by atoms with van der Waals surface area (Å²) >= 11 is 0. The van der Waals surface area contributed by atoms with Crippen molar-refractivity contribution < 1.29 is 0 Å². The molecule has 0 radical (unpaired) electrons. The molecule has 4 heteroatoms. The zero-order chi connectivity index (χ0) is 9.52. The highest BCUT2D eigenvalue weighted by molar-refractivity contribution is 5.42. The van der Waals surface area contributed by atoms with E-state index < -0.39 is 0 Å². The molecule has 0 saturated heterocycles. The van der Waals surface area contributed by atoms with E-state index in [0.29, 0.717) is 13.1 Å². The van der Waals surface area contributed by atoms with Gasteiger partial charge in [0.1, 0.15) is 0 Å². The van der Waals surface area contributed by atoms with Crippen molar-refractivity contribution >= 4 is 5.69 Å². The quantitative estimate of drug-likeness (QED) is 0.552. The molecule has 0 unspecified atom stereocenters. The maximum Gasteiger partial charge on any atom is 0.0562 e. The second-order valence-corrected chi connectivity index (χ2v) is 2.76. The largest absolute Gasteiger partial charge is 0.383 e. The number of anilines is 1. The molecule has 1 aromatic rings. The Morgan fingerprint density at radius 2 is 2.08 bits per heavy atom. The van der Waals surface area contributed by atoms with Gasteiger partial charge in [-0.3, -0.25) is 5.01 Å². The Hall–Kier alpha value is -1.58. The van der Waals surface area contributed by atoms with Gasteiger partial charge in [0.05, 0.1) is 11.8 Å². The van der Waals surface area contributed by atoms with Crippen molar-refractivity contribution in [2.45, 2.75) is 0 Å². The summed E-state index contributed by atoms with van der Waals surface area (Å²) < 4.78 is 0. The van der Waals surface area contributed by atoms with E-state index in [-0.39, 0.29) is 0 Å². The highest BCUT2D eigenvalue weighted by atomic mass is 16.3. The molecule has 1 aromatic carbocycles. The molecule has 4 nitrogen and oxygen atoms in total. The molecule has 0 aromatic heterocycles. The second-order valence-electron chi connectivity index (χ2n) is 2.76. The minimum absolute atomic E-state index is 0.610. The average molecular weight is 179 g/mol. The number of para-hydroxylation sites is 1. The number of rotatable bonds is 5. The second kappa shape index (κ2) is 5.13. The third kappa shape index (κ3) is 3.55. The van der Waals surface area contributed by atoms with Gasteiger partial charge in [-0.2, -0.15) is 0 Å². The molecular formula is C9H13N3O. The van der Waals surface area contributed by atoms with E-state index in [1.54, 1.807) is 7.05 Å². The summed E-state index contributed by atoms with van der Waals surface area (Å²) in [6, 6.07) is 9.85. The van der Waals surface area contributed by atoms with Crippen molar-refractivity contribution in [1.29, 1.82) is 0 Å². The van der Waals surface area contributed by atoms with Crippen LogP contribution in [0.1, 0.15) is 0 Å². The van der Waals surface area contributed by atoms with Gasteiger partial charge in [0, 0.05) is 19.3 Å². The fourth-order valence-corrected chi connectivity index (χ4v) is 0.959.